The molecule has 4 nitrogen and oxygen atoms in total. The zero-order valence-corrected chi connectivity index (χ0v) is 18.1. The van der Waals surface area contributed by atoms with Gasteiger partial charge in [0, 0.05) is 39.2 Å². The number of rotatable bonds is 6. The third-order valence-corrected chi connectivity index (χ3v) is 5.08. The Hall–Kier alpha value is -2.53. The fourth-order valence-corrected chi connectivity index (χ4v) is 3.72. The highest BCUT2D eigenvalue weighted by molar-refractivity contribution is 9.10. The second-order valence-corrected chi connectivity index (χ2v) is 7.49. The molecular formula is C23H24BrNO3. The number of allylic oxidation sites excluding steroid dienone is 1. The largest absolute Gasteiger partial charge is 0.493 e. The summed E-state index contributed by atoms with van der Waals surface area (Å²) in [4.78, 5) is 12.1. The molecule has 0 fully saturated rings. The van der Waals surface area contributed by atoms with Crippen molar-refractivity contribution in [2.75, 3.05) is 13.2 Å². The number of amides is 1. The highest BCUT2D eigenvalue weighted by Gasteiger charge is 2.19. The number of aryl methyl sites for hydroxylation is 1. The number of hydrogen-bond acceptors (Lipinski definition) is 3. The Morgan fingerprint density at radius 3 is 2.75 bits per heavy atom. The predicted octanol–water partition coefficient (Wildman–Crippen LogP) is 6.11. The molecule has 0 spiro atoms. The number of halogens is 1. The van der Waals surface area contributed by atoms with E-state index in [0.717, 1.165) is 49.0 Å². The van der Waals surface area contributed by atoms with Gasteiger partial charge in [-0.3, -0.25) is 4.79 Å². The van der Waals surface area contributed by atoms with E-state index < -0.39 is 0 Å². The molecule has 0 aliphatic rings. The number of hydrogen-bond donors (Lipinski definition) is 1. The van der Waals surface area contributed by atoms with Crippen molar-refractivity contribution in [3.05, 3.63) is 58.3 Å². The molecule has 0 atom stereocenters. The van der Waals surface area contributed by atoms with Gasteiger partial charge in [-0.05, 0) is 57.0 Å². The lowest BCUT2D eigenvalue weighted by Gasteiger charge is -2.15. The zero-order valence-electron chi connectivity index (χ0n) is 16.6. The molecule has 3 aromatic rings. The summed E-state index contributed by atoms with van der Waals surface area (Å²) in [5.74, 6) is 0.641. The fourth-order valence-electron chi connectivity index (χ4n) is 3.32. The van der Waals surface area contributed by atoms with Crippen LogP contribution >= 0.6 is 15.9 Å². The average Bonchev–Trinajstić information content (AvgIpc) is 3.08. The fraction of sp³-hybridized carbons (Fsp3) is 0.261. The Labute approximate surface area is 173 Å². The van der Waals surface area contributed by atoms with Crippen LogP contribution in [0.5, 0.6) is 5.75 Å². The van der Waals surface area contributed by atoms with E-state index >= 15 is 0 Å². The molecule has 2 aromatic carbocycles. The summed E-state index contributed by atoms with van der Waals surface area (Å²) in [6.45, 7) is 8.90. The first-order chi connectivity index (χ1) is 13.5. The number of nitrogens with one attached hydrogen (secondary N) is 1. The summed E-state index contributed by atoms with van der Waals surface area (Å²) in [6, 6.07) is 10.2. The molecule has 146 valence electrons. The van der Waals surface area contributed by atoms with Gasteiger partial charge >= 0.3 is 0 Å². The zero-order chi connectivity index (χ0) is 20.3. The Balaban J connectivity index is 2.23. The smallest absolute Gasteiger partial charge is 0.244 e. The van der Waals surface area contributed by atoms with Crippen LogP contribution in [0.15, 0.2) is 51.6 Å². The maximum absolute atomic E-state index is 12.1. The highest BCUT2D eigenvalue weighted by atomic mass is 79.9. The Bertz CT molecular complexity index is 1050. The first-order valence-corrected chi connectivity index (χ1v) is 10.2. The van der Waals surface area contributed by atoms with Crippen LogP contribution in [0.1, 0.15) is 31.9 Å². The standard InChI is InChI=1S/C23H24BrNO3/c1-5-25-21(26)10-14(3)18-12-19-20(16-8-7-9-17(24)11-16)13-28-23(19)15(4)22(18)27-6-2/h7-13H,5-6H2,1-4H3,(H,25,26)/b14-10+. The van der Waals surface area contributed by atoms with Crippen LogP contribution in [0.4, 0.5) is 0 Å². The van der Waals surface area contributed by atoms with E-state index in [4.69, 9.17) is 9.15 Å². The molecule has 1 heterocycles. The second-order valence-electron chi connectivity index (χ2n) is 6.57. The van der Waals surface area contributed by atoms with Crippen molar-refractivity contribution < 1.29 is 13.9 Å². The topological polar surface area (TPSA) is 51.5 Å². The van der Waals surface area contributed by atoms with E-state index in [1.165, 1.54) is 0 Å². The third kappa shape index (κ3) is 3.99. The molecule has 3 rings (SSSR count). The first kappa shape index (κ1) is 20.2. The Morgan fingerprint density at radius 1 is 1.29 bits per heavy atom. The van der Waals surface area contributed by atoms with Gasteiger partial charge in [0.05, 0.1) is 12.9 Å². The number of ether oxygens (including phenoxy) is 1. The quantitative estimate of drug-likeness (QED) is 0.469. The van der Waals surface area contributed by atoms with Crippen molar-refractivity contribution >= 4 is 38.4 Å². The molecule has 0 aliphatic heterocycles. The highest BCUT2D eigenvalue weighted by Crippen LogP contribution is 2.41. The van der Waals surface area contributed by atoms with Crippen molar-refractivity contribution in [1.82, 2.24) is 5.32 Å². The van der Waals surface area contributed by atoms with Crippen LogP contribution in [-0.2, 0) is 4.79 Å². The van der Waals surface area contributed by atoms with Gasteiger partial charge in [-0.2, -0.15) is 0 Å². The minimum atomic E-state index is -0.111. The minimum absolute atomic E-state index is 0.111. The van der Waals surface area contributed by atoms with E-state index in [-0.39, 0.29) is 5.91 Å². The molecule has 28 heavy (non-hydrogen) atoms. The molecule has 0 unspecified atom stereocenters. The van der Waals surface area contributed by atoms with Crippen molar-refractivity contribution in [3.63, 3.8) is 0 Å². The number of carbonyl (C=O) groups excluding carboxylic acids is 1. The summed E-state index contributed by atoms with van der Waals surface area (Å²) in [6.07, 6.45) is 3.40. The Kier molecular flexibility index (Phi) is 6.25. The third-order valence-electron chi connectivity index (χ3n) is 4.59. The molecule has 5 heteroatoms. The summed E-state index contributed by atoms with van der Waals surface area (Å²) in [5.41, 5.74) is 5.55. The molecule has 1 N–H and O–H groups in total. The molecule has 0 bridgehead atoms. The van der Waals surface area contributed by atoms with E-state index in [2.05, 4.69) is 39.4 Å². The maximum Gasteiger partial charge on any atom is 0.244 e. The van der Waals surface area contributed by atoms with Crippen LogP contribution in [0.2, 0.25) is 0 Å². The van der Waals surface area contributed by atoms with Crippen LogP contribution in [-0.4, -0.2) is 19.1 Å². The lowest BCUT2D eigenvalue weighted by Crippen LogP contribution is -2.20. The SMILES string of the molecule is CCNC(=O)/C=C(\C)c1cc2c(-c3cccc(Br)c3)coc2c(C)c1OCC. The summed E-state index contributed by atoms with van der Waals surface area (Å²) in [7, 11) is 0. The van der Waals surface area contributed by atoms with Crippen LogP contribution in [0.3, 0.4) is 0 Å². The van der Waals surface area contributed by atoms with Crippen LogP contribution in [0.25, 0.3) is 27.7 Å². The van der Waals surface area contributed by atoms with Gasteiger partial charge in [-0.15, -0.1) is 0 Å². The molecule has 0 aliphatic carbocycles. The van der Waals surface area contributed by atoms with Gasteiger partial charge in [0.2, 0.25) is 5.91 Å². The normalized spacial score (nSPS) is 11.7. The lowest BCUT2D eigenvalue weighted by molar-refractivity contribution is -0.116. The maximum atomic E-state index is 12.1. The van der Waals surface area contributed by atoms with Crippen LogP contribution < -0.4 is 10.1 Å². The average molecular weight is 442 g/mol. The van der Waals surface area contributed by atoms with E-state index in [1.807, 2.05) is 39.8 Å². The Morgan fingerprint density at radius 2 is 2.07 bits per heavy atom. The number of furan rings is 1. The molecule has 0 radical (unpaired) electrons. The second kappa shape index (κ2) is 8.65. The van der Waals surface area contributed by atoms with Gasteiger partial charge in [0.15, 0.2) is 0 Å². The van der Waals surface area contributed by atoms with Gasteiger partial charge in [0.1, 0.15) is 11.3 Å². The molecule has 0 saturated heterocycles. The van der Waals surface area contributed by atoms with Crippen molar-refractivity contribution in [2.45, 2.75) is 27.7 Å². The summed E-state index contributed by atoms with van der Waals surface area (Å²) in [5, 5.41) is 3.81. The van der Waals surface area contributed by atoms with Gasteiger partial charge in [0.25, 0.3) is 0 Å². The number of fused-ring (bicyclic) bond motifs is 1. The molecule has 0 saturated carbocycles. The van der Waals surface area contributed by atoms with E-state index in [1.54, 1.807) is 12.3 Å². The minimum Gasteiger partial charge on any atom is -0.493 e. The summed E-state index contributed by atoms with van der Waals surface area (Å²) >= 11 is 3.53. The van der Waals surface area contributed by atoms with Crippen LogP contribution in [0, 0.1) is 6.92 Å². The number of carbonyl (C=O) groups is 1. The van der Waals surface area contributed by atoms with E-state index in [9.17, 15) is 4.79 Å². The lowest BCUT2D eigenvalue weighted by atomic mass is 9.96. The van der Waals surface area contributed by atoms with Crippen molar-refractivity contribution in [3.8, 4) is 16.9 Å². The monoisotopic (exact) mass is 441 g/mol. The van der Waals surface area contributed by atoms with Gasteiger partial charge in [-0.1, -0.05) is 28.1 Å². The van der Waals surface area contributed by atoms with Crippen molar-refractivity contribution in [2.24, 2.45) is 0 Å². The number of likely N-dealkylation sites (N-methyl/N-ethyl adjacent to an activating group) is 1. The van der Waals surface area contributed by atoms with E-state index in [0.29, 0.717) is 13.2 Å². The van der Waals surface area contributed by atoms with Gasteiger partial charge in [-0.25, -0.2) is 0 Å². The molecule has 1 aromatic heterocycles. The van der Waals surface area contributed by atoms with Gasteiger partial charge < -0.3 is 14.5 Å². The summed E-state index contributed by atoms with van der Waals surface area (Å²) < 4.78 is 12.9. The first-order valence-electron chi connectivity index (χ1n) is 9.36. The molecule has 1 amide bonds. The number of benzene rings is 2. The van der Waals surface area contributed by atoms with Crippen molar-refractivity contribution in [1.29, 1.82) is 0 Å². The molecular weight excluding hydrogens is 418 g/mol. The predicted molar refractivity (Wildman–Crippen MR) is 118 cm³/mol.